The van der Waals surface area contributed by atoms with Gasteiger partial charge in [0.2, 0.25) is 0 Å². The van der Waals surface area contributed by atoms with Crippen LogP contribution in [0.15, 0.2) is 69.9 Å². The zero-order chi connectivity index (χ0) is 22.7. The number of hydrogen-bond acceptors (Lipinski definition) is 5. The van der Waals surface area contributed by atoms with Crippen LogP contribution in [0.5, 0.6) is 0 Å². The third-order valence-corrected chi connectivity index (χ3v) is 6.52. The number of nitrogens with one attached hydrogen (secondary N) is 2. The molecule has 2 atom stereocenters. The number of halogens is 2. The van der Waals surface area contributed by atoms with E-state index < -0.39 is 12.0 Å². The van der Waals surface area contributed by atoms with Gasteiger partial charge in [-0.1, -0.05) is 25.1 Å². The summed E-state index contributed by atoms with van der Waals surface area (Å²) in [5.74, 6) is -0.118. The predicted octanol–water partition coefficient (Wildman–Crippen LogP) is 4.42. The summed E-state index contributed by atoms with van der Waals surface area (Å²) in [5.41, 5.74) is 3.58. The molecule has 0 aliphatic carbocycles. The number of hydrogen-bond donors (Lipinski definition) is 2. The molecule has 4 heterocycles. The van der Waals surface area contributed by atoms with E-state index >= 15 is 0 Å². The fourth-order valence-electron chi connectivity index (χ4n) is 5.16. The van der Waals surface area contributed by atoms with Gasteiger partial charge in [0.25, 0.3) is 5.91 Å². The van der Waals surface area contributed by atoms with Gasteiger partial charge < -0.3 is 10.6 Å². The van der Waals surface area contributed by atoms with Crippen LogP contribution in [0.25, 0.3) is 11.1 Å². The second kappa shape index (κ2) is 7.08. The highest BCUT2D eigenvalue weighted by molar-refractivity contribution is 6.00. The van der Waals surface area contributed by atoms with Gasteiger partial charge in [0.15, 0.2) is 6.17 Å². The van der Waals surface area contributed by atoms with E-state index in [1.165, 1.54) is 12.4 Å². The summed E-state index contributed by atoms with van der Waals surface area (Å²) in [6.07, 6.45) is 5.42. The van der Waals surface area contributed by atoms with Gasteiger partial charge in [0, 0.05) is 35.0 Å². The zero-order valence-corrected chi connectivity index (χ0v) is 18.1. The van der Waals surface area contributed by atoms with Crippen LogP contribution < -0.4 is 10.6 Å². The van der Waals surface area contributed by atoms with Crippen molar-refractivity contribution in [2.45, 2.75) is 57.3 Å². The lowest BCUT2D eigenvalue weighted by Crippen LogP contribution is -2.58. The van der Waals surface area contributed by atoms with Crippen LogP contribution in [0.4, 0.5) is 8.78 Å². The molecule has 0 spiro atoms. The smallest absolute Gasteiger partial charge is 0.333 e. The molecule has 1 aromatic carbocycles. The molecule has 9 heteroatoms. The van der Waals surface area contributed by atoms with Crippen LogP contribution in [-0.4, -0.2) is 27.4 Å². The van der Waals surface area contributed by atoms with Crippen LogP contribution in [0, 0.1) is 0 Å². The van der Waals surface area contributed by atoms with Gasteiger partial charge in [-0.05, 0) is 37.5 Å². The highest BCUT2D eigenvalue weighted by Crippen LogP contribution is 2.51. The normalized spacial score (nSPS) is 25.9. The third kappa shape index (κ3) is 2.98. The molecule has 0 radical (unpaired) electrons. The van der Waals surface area contributed by atoms with E-state index in [-0.39, 0.29) is 17.6 Å². The molecule has 2 aromatic rings. The fraction of sp³-hybridized carbons (Fsp3) is 0.391. The van der Waals surface area contributed by atoms with Gasteiger partial charge in [-0.25, -0.2) is 4.68 Å². The van der Waals surface area contributed by atoms with Crippen molar-refractivity contribution >= 4 is 5.91 Å². The highest BCUT2D eigenvalue weighted by Gasteiger charge is 2.53. The van der Waals surface area contributed by atoms with E-state index in [1.54, 1.807) is 6.20 Å². The Morgan fingerprint density at radius 3 is 2.81 bits per heavy atom. The molecule has 1 amide bonds. The van der Waals surface area contributed by atoms with E-state index in [0.29, 0.717) is 28.7 Å². The molecule has 7 nitrogen and oxygen atoms in total. The Morgan fingerprint density at radius 2 is 2.09 bits per heavy atom. The van der Waals surface area contributed by atoms with Gasteiger partial charge in [0.05, 0.1) is 23.4 Å². The maximum Gasteiger partial charge on any atom is 0.333 e. The summed E-state index contributed by atoms with van der Waals surface area (Å²) in [4.78, 5) is 13.4. The lowest BCUT2D eigenvalue weighted by atomic mass is 9.62. The molecule has 0 saturated carbocycles. The van der Waals surface area contributed by atoms with Gasteiger partial charge in [-0.15, -0.1) is 0 Å². The van der Waals surface area contributed by atoms with E-state index in [4.69, 9.17) is 0 Å². The first kappa shape index (κ1) is 20.5. The summed E-state index contributed by atoms with van der Waals surface area (Å²) in [6.45, 7) is 3.33. The fourth-order valence-corrected chi connectivity index (χ4v) is 5.16. The molecule has 2 N–H and O–H groups in total. The van der Waals surface area contributed by atoms with Crippen LogP contribution in [-0.2, 0) is 10.2 Å². The minimum absolute atomic E-state index is 0.118. The molecular formula is C23H24F2N6O. The van der Waals surface area contributed by atoms with Crippen molar-refractivity contribution in [3.05, 3.63) is 65.3 Å². The zero-order valence-electron chi connectivity index (χ0n) is 18.1. The van der Waals surface area contributed by atoms with Crippen molar-refractivity contribution in [2.75, 3.05) is 0 Å². The first-order chi connectivity index (χ1) is 15.2. The minimum Gasteiger partial charge on any atom is -0.362 e. The van der Waals surface area contributed by atoms with Crippen molar-refractivity contribution < 1.29 is 13.6 Å². The Hall–Kier alpha value is -3.36. The lowest BCUT2D eigenvalue weighted by Gasteiger charge is -2.48. The molecule has 32 heavy (non-hydrogen) atoms. The number of carbonyl (C=O) groups excluding carboxylic acids is 1. The minimum atomic E-state index is -2.70. The Kier molecular flexibility index (Phi) is 4.54. The molecule has 0 saturated heterocycles. The lowest BCUT2D eigenvalue weighted by molar-refractivity contribution is -0.120. The number of amides is 1. The largest absolute Gasteiger partial charge is 0.362 e. The Morgan fingerprint density at radius 1 is 1.28 bits per heavy atom. The molecule has 1 unspecified atom stereocenters. The molecule has 0 bridgehead atoms. The SMILES string of the molecule is CC[C@]1(c2cccc(-c3cnn(C(F)F)c3)c2)C2=CN=NC2NC2=C1C(=O)NC(C)(C)C2. The predicted molar refractivity (Wildman–Crippen MR) is 115 cm³/mol. The second-order valence-electron chi connectivity index (χ2n) is 9.06. The Balaban J connectivity index is 1.69. The van der Waals surface area contributed by atoms with E-state index in [0.717, 1.165) is 22.4 Å². The van der Waals surface area contributed by atoms with Gasteiger partial charge >= 0.3 is 6.55 Å². The number of nitrogens with zero attached hydrogens (tertiary/aromatic N) is 4. The van der Waals surface area contributed by atoms with Crippen molar-refractivity contribution in [2.24, 2.45) is 10.2 Å². The molecular weight excluding hydrogens is 414 g/mol. The topological polar surface area (TPSA) is 83.7 Å². The first-order valence-electron chi connectivity index (χ1n) is 10.6. The summed E-state index contributed by atoms with van der Waals surface area (Å²) in [7, 11) is 0. The van der Waals surface area contributed by atoms with Crippen molar-refractivity contribution in [3.63, 3.8) is 0 Å². The monoisotopic (exact) mass is 438 g/mol. The number of rotatable bonds is 4. The third-order valence-electron chi connectivity index (χ3n) is 6.52. The van der Waals surface area contributed by atoms with Crippen LogP contribution >= 0.6 is 0 Å². The molecule has 3 aliphatic heterocycles. The van der Waals surface area contributed by atoms with E-state index in [2.05, 4.69) is 26.0 Å². The summed E-state index contributed by atoms with van der Waals surface area (Å²) < 4.78 is 26.7. The Bertz CT molecular complexity index is 1190. The average molecular weight is 438 g/mol. The van der Waals surface area contributed by atoms with Crippen molar-refractivity contribution in [1.82, 2.24) is 20.4 Å². The molecule has 1 aromatic heterocycles. The summed E-state index contributed by atoms with van der Waals surface area (Å²) in [5, 5.41) is 18.8. The number of azo groups is 1. The van der Waals surface area contributed by atoms with Crippen molar-refractivity contribution in [1.29, 1.82) is 0 Å². The number of alkyl halides is 2. The second-order valence-corrected chi connectivity index (χ2v) is 9.06. The highest BCUT2D eigenvalue weighted by atomic mass is 19.3. The first-order valence-corrected chi connectivity index (χ1v) is 10.6. The van der Waals surface area contributed by atoms with E-state index in [1.807, 2.05) is 45.0 Å². The number of benzene rings is 1. The van der Waals surface area contributed by atoms with Gasteiger partial charge in [-0.2, -0.15) is 24.1 Å². The Labute approximate surface area is 184 Å². The number of fused-ring (bicyclic) bond motifs is 1. The molecule has 3 aliphatic rings. The van der Waals surface area contributed by atoms with Crippen molar-refractivity contribution in [3.8, 4) is 11.1 Å². The summed E-state index contributed by atoms with van der Waals surface area (Å²) >= 11 is 0. The van der Waals surface area contributed by atoms with Gasteiger partial charge in [-0.3, -0.25) is 4.79 Å². The molecule has 166 valence electrons. The van der Waals surface area contributed by atoms with Crippen LogP contribution in [0.3, 0.4) is 0 Å². The summed E-state index contributed by atoms with van der Waals surface area (Å²) in [6, 6.07) is 7.67. The maximum atomic E-state index is 13.4. The number of aromatic nitrogens is 2. The number of carbonyl (C=O) groups is 1. The van der Waals surface area contributed by atoms with Gasteiger partial charge in [0.1, 0.15) is 0 Å². The van der Waals surface area contributed by atoms with Crippen LogP contribution in [0.1, 0.15) is 45.7 Å². The standard InChI is InChI=1S/C23H24F2N6O/c1-4-23(15-7-5-6-13(8-15)14-10-27-31(12-14)21(24)25)16-11-26-30-19(16)28-17-9-22(2,3)29-20(32)18(17)23/h5-8,10-12,19,21,28H,4,9H2,1-3H3,(H,29,32)/t19?,23-/m0/s1. The average Bonchev–Trinajstić information content (AvgIpc) is 3.41. The maximum absolute atomic E-state index is 13.4. The van der Waals surface area contributed by atoms with E-state index in [9.17, 15) is 13.6 Å². The molecule has 0 fully saturated rings. The van der Waals surface area contributed by atoms with Crippen LogP contribution in [0.2, 0.25) is 0 Å². The molecule has 5 rings (SSSR count). The quantitative estimate of drug-likeness (QED) is 0.741.